The van der Waals surface area contributed by atoms with Gasteiger partial charge < -0.3 is 9.64 Å². The molecule has 9 heteroatoms. The molecule has 0 bridgehead atoms. The summed E-state index contributed by atoms with van der Waals surface area (Å²) < 4.78 is 34.8. The van der Waals surface area contributed by atoms with E-state index in [1.54, 1.807) is 37.5 Å². The third-order valence-electron chi connectivity index (χ3n) is 5.85. The Morgan fingerprint density at radius 1 is 1.06 bits per heavy atom. The van der Waals surface area contributed by atoms with Crippen LogP contribution in [-0.2, 0) is 10.0 Å². The van der Waals surface area contributed by atoms with E-state index in [2.05, 4.69) is 14.6 Å². The first-order valence-corrected chi connectivity index (χ1v) is 12.9. The van der Waals surface area contributed by atoms with E-state index in [0.717, 1.165) is 37.2 Å². The van der Waals surface area contributed by atoms with Gasteiger partial charge in [-0.25, -0.2) is 8.42 Å². The first kappa shape index (κ1) is 23.9. The summed E-state index contributed by atoms with van der Waals surface area (Å²) in [5.41, 5.74) is 0. The Morgan fingerprint density at radius 2 is 1.82 bits per heavy atom. The molecule has 1 fully saturated rings. The molecule has 3 aromatic rings. The Bertz CT molecular complexity index is 1160. The number of hydrogen-bond donors (Lipinski definition) is 1. The highest BCUT2D eigenvalue weighted by Crippen LogP contribution is 2.26. The van der Waals surface area contributed by atoms with Gasteiger partial charge in [0.25, 0.3) is 0 Å². The van der Waals surface area contributed by atoms with Gasteiger partial charge in [-0.05, 0) is 37.6 Å². The van der Waals surface area contributed by atoms with Crippen molar-refractivity contribution < 1.29 is 13.2 Å². The van der Waals surface area contributed by atoms with Crippen LogP contribution in [0.15, 0.2) is 71.9 Å². The second-order valence-corrected chi connectivity index (χ2v) is 10.6. The van der Waals surface area contributed by atoms with Crippen LogP contribution in [0.25, 0.3) is 10.8 Å². The number of benzene rings is 2. The van der Waals surface area contributed by atoms with Crippen LogP contribution in [-0.4, -0.2) is 67.7 Å². The SMILES string of the molecule is CC(Cl)(NS(=O)(=O)c1cccc2cnccc12)N1CCN(CCCOc2ccccc2)CC1. The molecule has 1 aromatic heterocycles. The summed E-state index contributed by atoms with van der Waals surface area (Å²) in [6.07, 6.45) is 4.17. The number of sulfonamides is 1. The highest BCUT2D eigenvalue weighted by Gasteiger charge is 2.36. The molecule has 1 aliphatic rings. The van der Waals surface area contributed by atoms with E-state index in [1.807, 2.05) is 41.3 Å². The van der Waals surface area contributed by atoms with Crippen LogP contribution in [0.3, 0.4) is 0 Å². The lowest BCUT2D eigenvalue weighted by molar-refractivity contribution is 0.0764. The zero-order valence-electron chi connectivity index (χ0n) is 18.7. The summed E-state index contributed by atoms with van der Waals surface area (Å²) in [6.45, 7) is 6.25. The highest BCUT2D eigenvalue weighted by molar-refractivity contribution is 7.89. The molecule has 7 nitrogen and oxygen atoms in total. The second kappa shape index (κ2) is 10.4. The van der Waals surface area contributed by atoms with Gasteiger partial charge in [-0.2, -0.15) is 4.72 Å². The molecule has 1 N–H and O–H groups in total. The van der Waals surface area contributed by atoms with Crippen molar-refractivity contribution >= 4 is 32.4 Å². The molecular formula is C24H29ClN4O3S. The van der Waals surface area contributed by atoms with E-state index >= 15 is 0 Å². The van der Waals surface area contributed by atoms with Crippen molar-refractivity contribution in [1.29, 1.82) is 0 Å². The van der Waals surface area contributed by atoms with E-state index < -0.39 is 15.1 Å². The molecule has 176 valence electrons. The minimum atomic E-state index is -3.83. The summed E-state index contributed by atoms with van der Waals surface area (Å²) in [4.78, 5) is 8.59. The van der Waals surface area contributed by atoms with Crippen molar-refractivity contribution in [3.63, 3.8) is 0 Å². The van der Waals surface area contributed by atoms with Gasteiger partial charge in [-0.1, -0.05) is 41.9 Å². The highest BCUT2D eigenvalue weighted by atomic mass is 35.5. The summed E-state index contributed by atoms with van der Waals surface area (Å²) in [6, 6.07) is 16.6. The summed E-state index contributed by atoms with van der Waals surface area (Å²) in [5, 5.41) is 0.160. The number of nitrogens with zero attached hydrogens (tertiary/aromatic N) is 3. The molecule has 1 atom stereocenters. The quantitative estimate of drug-likeness (QED) is 0.282. The normalized spacial score (nSPS) is 17.6. The largest absolute Gasteiger partial charge is 0.494 e. The maximum absolute atomic E-state index is 13.2. The number of pyridine rings is 1. The van der Waals surface area contributed by atoms with E-state index in [4.69, 9.17) is 16.3 Å². The van der Waals surface area contributed by atoms with Gasteiger partial charge >= 0.3 is 0 Å². The number of aromatic nitrogens is 1. The average Bonchev–Trinajstić information content (AvgIpc) is 2.82. The number of halogens is 1. The summed E-state index contributed by atoms with van der Waals surface area (Å²) >= 11 is 6.73. The van der Waals surface area contributed by atoms with Gasteiger partial charge in [0.05, 0.1) is 11.5 Å². The standard InChI is InChI=1S/C24H29ClN4O3S/c1-24(25,27-33(30,31)23-10-5-7-20-19-26-12-11-22(20)23)29-16-14-28(15-17-29)13-6-18-32-21-8-3-2-4-9-21/h2-5,7-12,19,27H,6,13-18H2,1H3. The Hall–Kier alpha value is -2.23. The molecule has 33 heavy (non-hydrogen) atoms. The van der Waals surface area contributed by atoms with Gasteiger partial charge in [0.1, 0.15) is 5.75 Å². The summed E-state index contributed by atoms with van der Waals surface area (Å²) in [5.74, 6) is 0.884. The van der Waals surface area contributed by atoms with E-state index in [0.29, 0.717) is 25.1 Å². The first-order valence-electron chi connectivity index (χ1n) is 11.1. The molecule has 1 aliphatic heterocycles. The minimum Gasteiger partial charge on any atom is -0.494 e. The number of ether oxygens (including phenoxy) is 1. The van der Waals surface area contributed by atoms with Crippen LogP contribution in [0.2, 0.25) is 0 Å². The molecule has 0 aliphatic carbocycles. The lowest BCUT2D eigenvalue weighted by Crippen LogP contribution is -2.60. The van der Waals surface area contributed by atoms with Gasteiger partial charge in [-0.3, -0.25) is 9.88 Å². The monoisotopic (exact) mass is 488 g/mol. The molecule has 0 amide bonds. The molecule has 1 saturated heterocycles. The molecule has 0 radical (unpaired) electrons. The van der Waals surface area contributed by atoms with Gasteiger partial charge in [0.15, 0.2) is 5.12 Å². The molecule has 2 aromatic carbocycles. The fourth-order valence-corrected chi connectivity index (χ4v) is 6.01. The number of nitrogens with one attached hydrogen (secondary N) is 1. The number of para-hydroxylation sites is 1. The minimum absolute atomic E-state index is 0.200. The fourth-order valence-electron chi connectivity index (χ4n) is 4.08. The van der Waals surface area contributed by atoms with Gasteiger partial charge in [-0.15, -0.1) is 0 Å². The summed E-state index contributed by atoms with van der Waals surface area (Å²) in [7, 11) is -3.83. The molecule has 1 unspecified atom stereocenters. The Balaban J connectivity index is 1.30. The van der Waals surface area contributed by atoms with E-state index in [9.17, 15) is 8.42 Å². The van der Waals surface area contributed by atoms with Crippen LogP contribution >= 0.6 is 11.6 Å². The van der Waals surface area contributed by atoms with Crippen molar-refractivity contribution in [2.24, 2.45) is 0 Å². The molecule has 2 heterocycles. The Morgan fingerprint density at radius 3 is 2.58 bits per heavy atom. The van der Waals surface area contributed by atoms with Crippen molar-refractivity contribution in [1.82, 2.24) is 19.5 Å². The van der Waals surface area contributed by atoms with Gasteiger partial charge in [0, 0.05) is 55.9 Å². The zero-order valence-corrected chi connectivity index (χ0v) is 20.2. The van der Waals surface area contributed by atoms with Gasteiger partial charge in [0.2, 0.25) is 10.0 Å². The van der Waals surface area contributed by atoms with E-state index in [1.165, 1.54) is 0 Å². The predicted octanol–water partition coefficient (Wildman–Crippen LogP) is 3.51. The van der Waals surface area contributed by atoms with Crippen LogP contribution in [0.4, 0.5) is 0 Å². The first-order chi connectivity index (χ1) is 15.9. The smallest absolute Gasteiger partial charge is 0.243 e. The van der Waals surface area contributed by atoms with Crippen LogP contribution in [0.1, 0.15) is 13.3 Å². The lowest BCUT2D eigenvalue weighted by Gasteiger charge is -2.42. The molecule has 0 saturated carbocycles. The van der Waals surface area contributed by atoms with Crippen molar-refractivity contribution in [3.8, 4) is 5.75 Å². The van der Waals surface area contributed by atoms with Crippen molar-refractivity contribution in [3.05, 3.63) is 67.0 Å². The van der Waals surface area contributed by atoms with Crippen LogP contribution in [0, 0.1) is 0 Å². The maximum atomic E-state index is 13.2. The molecular weight excluding hydrogens is 460 g/mol. The number of hydrogen-bond acceptors (Lipinski definition) is 6. The number of alkyl halides is 1. The molecule has 4 rings (SSSR count). The van der Waals surface area contributed by atoms with E-state index in [-0.39, 0.29) is 4.90 Å². The van der Waals surface area contributed by atoms with Crippen molar-refractivity contribution in [2.75, 3.05) is 39.3 Å². The van der Waals surface area contributed by atoms with Crippen LogP contribution in [0.5, 0.6) is 5.75 Å². The zero-order chi connectivity index (χ0) is 23.3. The Labute approximate surface area is 200 Å². The third kappa shape index (κ3) is 6.02. The molecule has 0 spiro atoms. The third-order valence-corrected chi connectivity index (χ3v) is 7.89. The van der Waals surface area contributed by atoms with Crippen LogP contribution < -0.4 is 9.46 Å². The maximum Gasteiger partial charge on any atom is 0.243 e. The number of fused-ring (bicyclic) bond motifs is 1. The lowest BCUT2D eigenvalue weighted by atomic mass is 10.2. The number of rotatable bonds is 9. The van der Waals surface area contributed by atoms with Crippen molar-refractivity contribution in [2.45, 2.75) is 23.4 Å². The Kier molecular flexibility index (Phi) is 7.51. The second-order valence-electron chi connectivity index (χ2n) is 8.26. The topological polar surface area (TPSA) is 74.8 Å². The predicted molar refractivity (Wildman–Crippen MR) is 131 cm³/mol. The average molecular weight is 489 g/mol. The number of piperazine rings is 1. The fraction of sp³-hybridized carbons (Fsp3) is 0.375.